The normalized spacial score (nSPS) is 12.5. The van der Waals surface area contributed by atoms with E-state index in [1.165, 1.54) is 89.0 Å². The van der Waals surface area contributed by atoms with Crippen LogP contribution in [-0.2, 0) is 5.41 Å². The summed E-state index contributed by atoms with van der Waals surface area (Å²) >= 11 is 0. The second-order valence-corrected chi connectivity index (χ2v) is 17.9. The molecule has 0 N–H and O–H groups in total. The number of hydrogen-bond acceptors (Lipinski definition) is 1. The standard InChI is InChI=1S/C67H45N/c1-5-21-46(22-6-1)48-37-42-66(62(43-48)47-23-7-2-8-24-47)68(51-38-40-59-57-33-16-15-31-55(57)53-29-13-14-30-54(53)56-32-17-18-34-58(56)63(59)44-51)52-39-41-61-60-35-19-20-36-64(60)67(65(61)45-52,49-25-9-3-10-26-49)50-27-11-4-12-28-50/h1-45H. The van der Waals surface area contributed by atoms with Gasteiger partial charge in [-0.05, 0) is 131 Å². The zero-order valence-electron chi connectivity index (χ0n) is 37.4. The number of hydrogen-bond donors (Lipinski definition) is 0. The van der Waals surface area contributed by atoms with Crippen molar-refractivity contribution in [2.45, 2.75) is 5.41 Å². The minimum absolute atomic E-state index is 0.558. The monoisotopic (exact) mass is 863 g/mol. The van der Waals surface area contributed by atoms with Crippen molar-refractivity contribution < 1.29 is 0 Å². The summed E-state index contributed by atoms with van der Waals surface area (Å²) in [6, 6.07) is 101. The largest absolute Gasteiger partial charge is 0.310 e. The molecule has 11 aromatic rings. The van der Waals surface area contributed by atoms with Gasteiger partial charge in [0.05, 0.1) is 11.1 Å². The number of fused-ring (bicyclic) bond motifs is 11. The summed E-state index contributed by atoms with van der Waals surface area (Å²) in [5, 5.41) is 0. The van der Waals surface area contributed by atoms with E-state index in [9.17, 15) is 0 Å². The fraction of sp³-hybridized carbons (Fsp3) is 0.0149. The summed E-state index contributed by atoms with van der Waals surface area (Å²) in [4.78, 5) is 2.52. The molecule has 0 aliphatic heterocycles. The Bertz CT molecular complexity index is 3620. The van der Waals surface area contributed by atoms with Crippen molar-refractivity contribution in [2.24, 2.45) is 0 Å². The molecule has 11 aromatic carbocycles. The van der Waals surface area contributed by atoms with Gasteiger partial charge in [0.25, 0.3) is 0 Å². The molecule has 0 unspecified atom stereocenters. The maximum absolute atomic E-state index is 2.52. The van der Waals surface area contributed by atoms with E-state index in [1.807, 2.05) is 0 Å². The highest BCUT2D eigenvalue weighted by Crippen LogP contribution is 2.58. The first kappa shape index (κ1) is 39.6. The molecule has 13 rings (SSSR count). The maximum atomic E-state index is 2.52. The van der Waals surface area contributed by atoms with Crippen LogP contribution >= 0.6 is 0 Å². The van der Waals surface area contributed by atoms with Crippen molar-refractivity contribution in [3.8, 4) is 77.9 Å². The molecule has 1 heteroatoms. The van der Waals surface area contributed by atoms with Crippen molar-refractivity contribution in [2.75, 3.05) is 4.90 Å². The summed E-state index contributed by atoms with van der Waals surface area (Å²) in [5.41, 5.74) is 24.7. The molecule has 2 aliphatic rings. The molecule has 2 aliphatic carbocycles. The lowest BCUT2D eigenvalue weighted by atomic mass is 9.67. The topological polar surface area (TPSA) is 3.24 Å². The minimum Gasteiger partial charge on any atom is -0.310 e. The molecular formula is C67H45N. The molecular weight excluding hydrogens is 819 g/mol. The summed E-state index contributed by atoms with van der Waals surface area (Å²) in [7, 11) is 0. The van der Waals surface area contributed by atoms with Gasteiger partial charge in [-0.1, -0.05) is 237 Å². The van der Waals surface area contributed by atoms with E-state index >= 15 is 0 Å². The van der Waals surface area contributed by atoms with Crippen LogP contribution in [0.1, 0.15) is 22.3 Å². The van der Waals surface area contributed by atoms with Gasteiger partial charge in [0.15, 0.2) is 0 Å². The lowest BCUT2D eigenvalue weighted by Crippen LogP contribution is -2.28. The van der Waals surface area contributed by atoms with Crippen LogP contribution in [0.5, 0.6) is 0 Å². The van der Waals surface area contributed by atoms with Crippen molar-refractivity contribution in [1.82, 2.24) is 0 Å². The SMILES string of the molecule is c1ccc(-c2ccc(N(c3ccc4c(c3)-c3ccccc3-c3ccccc3-c3ccccc3-4)c3ccc4c(c3)C(c3ccccc3)(c3ccccc3)c3ccccc3-4)c(-c3ccccc3)c2)cc1. The molecule has 0 spiro atoms. The highest BCUT2D eigenvalue weighted by molar-refractivity contribution is 6.04. The van der Waals surface area contributed by atoms with E-state index in [1.54, 1.807) is 0 Å². The van der Waals surface area contributed by atoms with Crippen LogP contribution in [0.2, 0.25) is 0 Å². The Morgan fingerprint density at radius 3 is 1.16 bits per heavy atom. The van der Waals surface area contributed by atoms with Crippen LogP contribution in [0.3, 0.4) is 0 Å². The first-order chi connectivity index (χ1) is 33.8. The highest BCUT2D eigenvalue weighted by Gasteiger charge is 2.46. The fourth-order valence-electron chi connectivity index (χ4n) is 11.4. The van der Waals surface area contributed by atoms with E-state index in [4.69, 9.17) is 0 Å². The average Bonchev–Trinajstić information content (AvgIpc) is 3.72. The molecule has 68 heavy (non-hydrogen) atoms. The Hall–Kier alpha value is -8.78. The van der Waals surface area contributed by atoms with Crippen LogP contribution in [0, 0.1) is 0 Å². The first-order valence-corrected chi connectivity index (χ1v) is 23.6. The third-order valence-electron chi connectivity index (χ3n) is 14.3. The van der Waals surface area contributed by atoms with E-state index in [0.29, 0.717) is 0 Å². The van der Waals surface area contributed by atoms with Gasteiger partial charge in [-0.15, -0.1) is 0 Å². The quantitative estimate of drug-likeness (QED) is 0.154. The lowest BCUT2D eigenvalue weighted by molar-refractivity contribution is 0.768. The lowest BCUT2D eigenvalue weighted by Gasteiger charge is -2.35. The van der Waals surface area contributed by atoms with Crippen molar-refractivity contribution in [3.63, 3.8) is 0 Å². The van der Waals surface area contributed by atoms with Gasteiger partial charge in [-0.2, -0.15) is 0 Å². The molecule has 0 atom stereocenters. The fourth-order valence-corrected chi connectivity index (χ4v) is 11.4. The van der Waals surface area contributed by atoms with Gasteiger partial charge >= 0.3 is 0 Å². The van der Waals surface area contributed by atoms with Crippen LogP contribution in [0.4, 0.5) is 17.1 Å². The Kier molecular flexibility index (Phi) is 9.47. The van der Waals surface area contributed by atoms with Crippen LogP contribution in [0.15, 0.2) is 273 Å². The molecule has 0 amide bonds. The van der Waals surface area contributed by atoms with Crippen LogP contribution < -0.4 is 4.90 Å². The molecule has 0 radical (unpaired) electrons. The summed E-state index contributed by atoms with van der Waals surface area (Å²) < 4.78 is 0. The van der Waals surface area contributed by atoms with Gasteiger partial charge < -0.3 is 4.90 Å². The maximum Gasteiger partial charge on any atom is 0.0714 e. The van der Waals surface area contributed by atoms with Gasteiger partial charge in [-0.3, -0.25) is 0 Å². The summed E-state index contributed by atoms with van der Waals surface area (Å²) in [6.07, 6.45) is 0. The Morgan fingerprint density at radius 2 is 0.618 bits per heavy atom. The molecule has 0 bridgehead atoms. The second-order valence-electron chi connectivity index (χ2n) is 17.9. The van der Waals surface area contributed by atoms with E-state index in [0.717, 1.165) is 28.2 Å². The van der Waals surface area contributed by atoms with E-state index < -0.39 is 5.41 Å². The first-order valence-electron chi connectivity index (χ1n) is 23.6. The zero-order chi connectivity index (χ0) is 45.0. The van der Waals surface area contributed by atoms with Gasteiger partial charge in [0, 0.05) is 16.9 Å². The van der Waals surface area contributed by atoms with Crippen molar-refractivity contribution in [3.05, 3.63) is 295 Å². The van der Waals surface area contributed by atoms with Crippen molar-refractivity contribution in [1.29, 1.82) is 0 Å². The smallest absolute Gasteiger partial charge is 0.0714 e. The summed E-state index contributed by atoms with van der Waals surface area (Å²) in [6.45, 7) is 0. The molecule has 0 aromatic heterocycles. The molecule has 1 nitrogen and oxygen atoms in total. The highest BCUT2D eigenvalue weighted by atomic mass is 15.1. The molecule has 318 valence electrons. The predicted octanol–water partition coefficient (Wildman–Crippen LogP) is 17.8. The number of benzene rings is 11. The number of nitrogens with zero attached hydrogens (tertiary/aromatic N) is 1. The average molecular weight is 864 g/mol. The van der Waals surface area contributed by atoms with Gasteiger partial charge in [-0.25, -0.2) is 0 Å². The third kappa shape index (κ3) is 6.24. The molecule has 0 heterocycles. The summed E-state index contributed by atoms with van der Waals surface area (Å²) in [5.74, 6) is 0. The Labute approximate surface area is 398 Å². The van der Waals surface area contributed by atoms with Gasteiger partial charge in [0.2, 0.25) is 0 Å². The third-order valence-corrected chi connectivity index (χ3v) is 14.3. The Balaban J connectivity index is 1.12. The van der Waals surface area contributed by atoms with E-state index in [-0.39, 0.29) is 0 Å². The molecule has 0 saturated heterocycles. The number of rotatable bonds is 7. The van der Waals surface area contributed by atoms with Crippen molar-refractivity contribution >= 4 is 17.1 Å². The Morgan fingerprint density at radius 1 is 0.221 bits per heavy atom. The van der Waals surface area contributed by atoms with Crippen LogP contribution in [-0.4, -0.2) is 0 Å². The minimum atomic E-state index is -0.558. The van der Waals surface area contributed by atoms with Gasteiger partial charge in [0.1, 0.15) is 0 Å². The van der Waals surface area contributed by atoms with E-state index in [2.05, 4.69) is 278 Å². The molecule has 0 saturated carbocycles. The predicted molar refractivity (Wildman–Crippen MR) is 285 cm³/mol. The number of anilines is 3. The second kappa shape index (κ2) is 16.3. The zero-order valence-corrected chi connectivity index (χ0v) is 37.4. The van der Waals surface area contributed by atoms with Crippen LogP contribution in [0.25, 0.3) is 77.9 Å². The molecule has 0 fully saturated rings.